The average molecular weight is 822 g/mol. The Hall–Kier alpha value is -6.75. The van der Waals surface area contributed by atoms with Crippen LogP contribution in [0.4, 0.5) is 22.9 Å². The molecule has 4 aliphatic rings. The van der Waals surface area contributed by atoms with Crippen molar-refractivity contribution in [3.05, 3.63) is 101 Å². The van der Waals surface area contributed by atoms with Gasteiger partial charge < -0.3 is 25.0 Å². The van der Waals surface area contributed by atoms with Crippen LogP contribution in [0.25, 0.3) is 22.1 Å². The lowest BCUT2D eigenvalue weighted by Crippen LogP contribution is -2.53. The van der Waals surface area contributed by atoms with Gasteiger partial charge in [0, 0.05) is 80.9 Å². The number of piperidine rings is 2. The van der Waals surface area contributed by atoms with Gasteiger partial charge in [-0.1, -0.05) is 35.5 Å². The molecule has 0 radical (unpaired) electrons. The van der Waals surface area contributed by atoms with E-state index < -0.39 is 11.9 Å². The summed E-state index contributed by atoms with van der Waals surface area (Å²) in [6, 6.07) is 23.9. The summed E-state index contributed by atoms with van der Waals surface area (Å²) in [7, 11) is 0. The minimum Gasteiger partial charge on any atom is -0.371 e. The van der Waals surface area contributed by atoms with E-state index in [1.807, 2.05) is 54.9 Å². The highest BCUT2D eigenvalue weighted by Crippen LogP contribution is 2.35. The van der Waals surface area contributed by atoms with Gasteiger partial charge in [0.05, 0.1) is 18.1 Å². The predicted molar refractivity (Wildman–Crippen MR) is 230 cm³/mol. The molecule has 1 aliphatic carbocycles. The Morgan fingerprint density at radius 3 is 2.31 bits per heavy atom. The lowest BCUT2D eigenvalue weighted by Gasteiger charge is -2.43. The number of nitrogens with one attached hydrogen (secondary N) is 3. The van der Waals surface area contributed by atoms with Gasteiger partial charge in [0.25, 0.3) is 11.5 Å². The van der Waals surface area contributed by atoms with E-state index in [2.05, 4.69) is 84.7 Å². The lowest BCUT2D eigenvalue weighted by atomic mass is 9.86. The smallest absolute Gasteiger partial charge is 0.278 e. The Bertz CT molecular complexity index is 2650. The number of piperazine rings is 1. The average Bonchev–Trinajstić information content (AvgIpc) is 3.70. The van der Waals surface area contributed by atoms with Gasteiger partial charge in [-0.25, -0.2) is 15.0 Å². The second kappa shape index (κ2) is 16.4. The minimum atomic E-state index is -0.848. The van der Waals surface area contributed by atoms with Crippen LogP contribution in [0.15, 0.2) is 90.2 Å². The molecule has 3 N–H and O–H groups in total. The van der Waals surface area contributed by atoms with E-state index in [1.54, 1.807) is 6.33 Å². The Morgan fingerprint density at radius 1 is 0.787 bits per heavy atom. The molecule has 1 unspecified atom stereocenters. The molecular formula is C44H47N13O4. The number of imidazole rings is 1. The molecule has 3 aromatic heterocycles. The second-order valence-electron chi connectivity index (χ2n) is 16.5. The highest BCUT2D eigenvalue weighted by atomic mass is 16.2. The molecule has 312 valence electrons. The number of aromatic nitrogens is 7. The van der Waals surface area contributed by atoms with Crippen LogP contribution in [0.2, 0.25) is 0 Å². The summed E-state index contributed by atoms with van der Waals surface area (Å²) in [5.41, 5.74) is 5.67. The zero-order valence-electron chi connectivity index (χ0n) is 33.7. The maximum Gasteiger partial charge on any atom is 0.278 e. The zero-order valence-corrected chi connectivity index (χ0v) is 33.7. The van der Waals surface area contributed by atoms with E-state index in [1.165, 1.54) is 5.69 Å². The number of benzene rings is 3. The van der Waals surface area contributed by atoms with Crippen LogP contribution in [-0.4, -0.2) is 108 Å². The first-order valence-electron chi connectivity index (χ1n) is 21.2. The van der Waals surface area contributed by atoms with Crippen molar-refractivity contribution in [2.45, 2.75) is 69.1 Å². The minimum absolute atomic E-state index is 0.0457. The molecule has 3 aromatic carbocycles. The monoisotopic (exact) mass is 821 g/mol. The number of hydrogen-bond donors (Lipinski definition) is 3. The number of fused-ring (bicyclic) bond motifs is 2. The number of amides is 3. The fourth-order valence-electron chi connectivity index (χ4n) is 9.29. The third-order valence-electron chi connectivity index (χ3n) is 12.8. The van der Waals surface area contributed by atoms with Gasteiger partial charge in [-0.05, 0) is 80.1 Å². The molecule has 1 saturated carbocycles. The summed E-state index contributed by atoms with van der Waals surface area (Å²) in [4.78, 5) is 71.3. The van der Waals surface area contributed by atoms with Gasteiger partial charge in [-0.3, -0.25) is 29.4 Å². The van der Waals surface area contributed by atoms with Crippen molar-refractivity contribution < 1.29 is 14.4 Å². The summed E-state index contributed by atoms with van der Waals surface area (Å²) < 4.78 is 3.21. The second-order valence-corrected chi connectivity index (χ2v) is 16.5. The van der Waals surface area contributed by atoms with Crippen LogP contribution >= 0.6 is 0 Å². The lowest BCUT2D eigenvalue weighted by molar-refractivity contribution is -0.136. The number of rotatable bonds is 10. The summed E-state index contributed by atoms with van der Waals surface area (Å²) >= 11 is 0. The first-order chi connectivity index (χ1) is 29.8. The summed E-state index contributed by atoms with van der Waals surface area (Å²) in [6.45, 7) is 5.62. The highest BCUT2D eigenvalue weighted by molar-refractivity contribution is 5.99. The Morgan fingerprint density at radius 2 is 1.54 bits per heavy atom. The van der Waals surface area contributed by atoms with Crippen LogP contribution in [0.5, 0.6) is 0 Å². The van der Waals surface area contributed by atoms with Crippen LogP contribution < -0.4 is 31.3 Å². The van der Waals surface area contributed by atoms with Gasteiger partial charge in [-0.2, -0.15) is 4.68 Å². The maximum absolute atomic E-state index is 13.5. The largest absolute Gasteiger partial charge is 0.371 e. The quantitative estimate of drug-likeness (QED) is 0.171. The molecule has 0 bridgehead atoms. The number of nitrogens with zero attached hydrogens (tertiary/aromatic N) is 10. The molecule has 6 aromatic rings. The van der Waals surface area contributed by atoms with E-state index in [0.717, 1.165) is 92.2 Å². The number of imide groups is 1. The van der Waals surface area contributed by atoms with Crippen molar-refractivity contribution in [2.24, 2.45) is 0 Å². The number of carbonyl (C=O) groups excluding carboxylic acids is 3. The van der Waals surface area contributed by atoms with Gasteiger partial charge >= 0.3 is 0 Å². The third-order valence-corrected chi connectivity index (χ3v) is 12.8. The van der Waals surface area contributed by atoms with Crippen LogP contribution in [-0.2, 0) is 20.8 Å². The predicted octanol–water partition coefficient (Wildman–Crippen LogP) is 3.51. The number of anilines is 4. The molecule has 3 aliphatic heterocycles. The molecule has 0 spiro atoms. The maximum atomic E-state index is 13.5. The molecule has 1 atom stereocenters. The standard InChI is InChI=1S/C44H47N13O4/c58-38-13-12-37(43(60)50-38)57-44(61)35-25-33(10-11-36(35)51-52-57)53-16-14-32(15-17-53)55-20-18-54(19-21-55)31-8-6-29(7-9-31)49-41-40-42(46-26-45-41)56(27-47-40)34-23-30(24-34)48-39(59)22-28-4-2-1-3-5-28/h1-11,25-27,30,32,34,37H,12-24H2,(H,48,59)(H,45,46,49)(H,50,58,60). The third kappa shape index (κ3) is 7.88. The van der Waals surface area contributed by atoms with Crippen molar-refractivity contribution in [1.29, 1.82) is 0 Å². The molecule has 61 heavy (non-hydrogen) atoms. The van der Waals surface area contributed by atoms with Crippen molar-refractivity contribution in [2.75, 3.05) is 54.4 Å². The Kier molecular flexibility index (Phi) is 10.3. The highest BCUT2D eigenvalue weighted by Gasteiger charge is 2.34. The number of carbonyl (C=O) groups is 3. The van der Waals surface area contributed by atoms with Gasteiger partial charge in [-0.15, -0.1) is 5.10 Å². The number of hydrogen-bond acceptors (Lipinski definition) is 13. The Balaban J connectivity index is 0.703. The summed E-state index contributed by atoms with van der Waals surface area (Å²) in [5, 5.41) is 17.6. The van der Waals surface area contributed by atoms with Crippen molar-refractivity contribution in [3.8, 4) is 0 Å². The van der Waals surface area contributed by atoms with Crippen molar-refractivity contribution >= 4 is 62.7 Å². The molecule has 10 rings (SSSR count). The molecule has 4 fully saturated rings. The van der Waals surface area contributed by atoms with E-state index in [0.29, 0.717) is 34.7 Å². The van der Waals surface area contributed by atoms with Crippen LogP contribution in [0.3, 0.4) is 0 Å². The van der Waals surface area contributed by atoms with Gasteiger partial charge in [0.15, 0.2) is 17.0 Å². The van der Waals surface area contributed by atoms with E-state index >= 15 is 0 Å². The molecule has 3 saturated heterocycles. The van der Waals surface area contributed by atoms with E-state index in [-0.39, 0.29) is 42.3 Å². The summed E-state index contributed by atoms with van der Waals surface area (Å²) in [5.74, 6) is -0.160. The van der Waals surface area contributed by atoms with Gasteiger partial charge in [0.1, 0.15) is 17.9 Å². The van der Waals surface area contributed by atoms with Crippen molar-refractivity contribution in [1.82, 2.24) is 50.0 Å². The van der Waals surface area contributed by atoms with Crippen LogP contribution in [0, 0.1) is 0 Å². The van der Waals surface area contributed by atoms with Crippen molar-refractivity contribution in [3.63, 3.8) is 0 Å². The molecular weight excluding hydrogens is 775 g/mol. The zero-order chi connectivity index (χ0) is 41.5. The molecule has 3 amide bonds. The fraction of sp³-hybridized carbons (Fsp3) is 0.386. The molecule has 6 heterocycles. The fourth-order valence-corrected chi connectivity index (χ4v) is 9.29. The Labute approximate surface area is 351 Å². The van der Waals surface area contributed by atoms with E-state index in [9.17, 15) is 19.2 Å². The topological polar surface area (TPSA) is 188 Å². The SMILES string of the molecule is O=C1CCC(n2nnc3ccc(N4CCC(N5CCN(c6ccc(Nc7ncnc8c7ncn8C7CC(NC(=O)Cc8ccccc8)C7)cc6)CC5)CC4)cc3c2=O)C(=O)N1. The first-order valence-corrected chi connectivity index (χ1v) is 21.2. The first kappa shape index (κ1) is 38.5. The van der Waals surface area contributed by atoms with Gasteiger partial charge in [0.2, 0.25) is 11.8 Å². The summed E-state index contributed by atoms with van der Waals surface area (Å²) in [6.07, 6.45) is 7.88. The van der Waals surface area contributed by atoms with E-state index in [4.69, 9.17) is 0 Å². The molecule has 17 heteroatoms. The molecule has 17 nitrogen and oxygen atoms in total. The van der Waals surface area contributed by atoms with Crippen LogP contribution in [0.1, 0.15) is 56.2 Å². The normalized spacial score (nSPS) is 21.3.